The second-order valence-electron chi connectivity index (χ2n) is 7.71. The molecule has 2 aromatic carbocycles. The number of aromatic nitrogens is 2. The van der Waals surface area contributed by atoms with E-state index < -0.39 is 23.2 Å². The van der Waals surface area contributed by atoms with Crippen LogP contribution in [0.25, 0.3) is 22.3 Å². The lowest BCUT2D eigenvalue weighted by molar-refractivity contribution is 0.102. The first-order chi connectivity index (χ1) is 15.6. The van der Waals surface area contributed by atoms with Crippen molar-refractivity contribution in [1.29, 1.82) is 0 Å². The van der Waals surface area contributed by atoms with E-state index in [9.17, 15) is 13.6 Å². The maximum absolute atomic E-state index is 13.9. The molecule has 0 spiro atoms. The van der Waals surface area contributed by atoms with Crippen LogP contribution < -0.4 is 5.32 Å². The number of hydrogen-bond acceptors (Lipinski definition) is 3. The van der Waals surface area contributed by atoms with Crippen LogP contribution in [0, 0.1) is 11.6 Å². The number of halogens is 2. The maximum Gasteiger partial charge on any atom is 0.274 e. The van der Waals surface area contributed by atoms with Gasteiger partial charge in [0.25, 0.3) is 5.91 Å². The molecule has 0 aliphatic heterocycles. The lowest BCUT2D eigenvalue weighted by atomic mass is 9.94. The second kappa shape index (κ2) is 8.30. The Hall–Kier alpha value is -3.93. The number of fused-ring (bicyclic) bond motifs is 3. The van der Waals surface area contributed by atoms with Crippen LogP contribution in [0.15, 0.2) is 73.1 Å². The predicted octanol–water partition coefficient (Wildman–Crippen LogP) is 5.83. The van der Waals surface area contributed by atoms with Gasteiger partial charge >= 0.3 is 0 Å². The van der Waals surface area contributed by atoms with E-state index in [1.54, 1.807) is 12.3 Å². The van der Waals surface area contributed by atoms with Crippen LogP contribution >= 0.6 is 0 Å². The van der Waals surface area contributed by atoms with Gasteiger partial charge in [0.1, 0.15) is 23.0 Å². The summed E-state index contributed by atoms with van der Waals surface area (Å²) in [5.74, 6) is -2.31. The summed E-state index contributed by atoms with van der Waals surface area (Å²) in [6, 6.07) is 17.2. The number of benzene rings is 2. The first-order valence-electron chi connectivity index (χ1n) is 10.4. The van der Waals surface area contributed by atoms with Gasteiger partial charge in [-0.15, -0.1) is 0 Å². The number of rotatable bonds is 3. The predicted molar refractivity (Wildman–Crippen MR) is 119 cm³/mol. The first kappa shape index (κ1) is 20.0. The molecule has 6 heteroatoms. The third kappa shape index (κ3) is 3.75. The Bertz CT molecular complexity index is 1300. The number of pyridine rings is 2. The highest BCUT2D eigenvalue weighted by molar-refractivity contribution is 6.03. The van der Waals surface area contributed by atoms with Gasteiger partial charge in [0.15, 0.2) is 0 Å². The molecule has 0 saturated heterocycles. The molecular weight excluding hydrogens is 408 g/mol. The first-order valence-corrected chi connectivity index (χ1v) is 10.4. The van der Waals surface area contributed by atoms with Gasteiger partial charge in [-0.05, 0) is 66.3 Å². The number of amides is 1. The van der Waals surface area contributed by atoms with Crippen molar-refractivity contribution in [3.63, 3.8) is 0 Å². The van der Waals surface area contributed by atoms with Crippen LogP contribution in [-0.4, -0.2) is 15.9 Å². The van der Waals surface area contributed by atoms with E-state index in [-0.39, 0.29) is 5.69 Å². The summed E-state index contributed by atoms with van der Waals surface area (Å²) in [6.45, 7) is 0. The summed E-state index contributed by atoms with van der Waals surface area (Å²) < 4.78 is 27.8. The Morgan fingerprint density at radius 2 is 1.72 bits per heavy atom. The van der Waals surface area contributed by atoms with Crippen molar-refractivity contribution in [2.45, 2.75) is 19.3 Å². The molecule has 0 atom stereocenters. The molecule has 2 heterocycles. The Morgan fingerprint density at radius 3 is 2.50 bits per heavy atom. The fourth-order valence-corrected chi connectivity index (χ4v) is 4.06. The van der Waals surface area contributed by atoms with Crippen LogP contribution in [0.2, 0.25) is 0 Å². The van der Waals surface area contributed by atoms with Gasteiger partial charge in [-0.1, -0.05) is 30.3 Å². The Balaban J connectivity index is 1.51. The van der Waals surface area contributed by atoms with Gasteiger partial charge in [-0.25, -0.2) is 13.8 Å². The molecule has 1 amide bonds. The Kier molecular flexibility index (Phi) is 5.19. The molecule has 0 saturated carbocycles. The summed E-state index contributed by atoms with van der Waals surface area (Å²) in [7, 11) is 0. The molecular formula is C26H19F2N3O. The molecule has 158 valence electrons. The minimum atomic E-state index is -0.829. The quantitative estimate of drug-likeness (QED) is 0.448. The van der Waals surface area contributed by atoms with Crippen LogP contribution in [0.1, 0.15) is 28.2 Å². The smallest absolute Gasteiger partial charge is 0.274 e. The minimum Gasteiger partial charge on any atom is -0.316 e. The molecule has 0 unspecified atom stereocenters. The second-order valence-corrected chi connectivity index (χ2v) is 7.71. The van der Waals surface area contributed by atoms with Gasteiger partial charge in [-0.3, -0.25) is 9.78 Å². The van der Waals surface area contributed by atoms with Gasteiger partial charge in [0, 0.05) is 29.2 Å². The number of para-hydroxylation sites is 1. The highest BCUT2D eigenvalue weighted by atomic mass is 19.1. The SMILES string of the molecule is O=C(Nc1c(F)cccc1F)c1ccc2c(n1)CCCc1ccc(-c3cccnc3)cc1-2. The zero-order valence-electron chi connectivity index (χ0n) is 17.1. The molecule has 1 aliphatic carbocycles. The van der Waals surface area contributed by atoms with Crippen molar-refractivity contribution in [1.82, 2.24) is 9.97 Å². The zero-order valence-corrected chi connectivity index (χ0v) is 17.1. The van der Waals surface area contributed by atoms with E-state index in [2.05, 4.69) is 33.5 Å². The topological polar surface area (TPSA) is 54.9 Å². The Morgan fingerprint density at radius 1 is 0.875 bits per heavy atom. The Labute approximate surface area is 184 Å². The summed E-state index contributed by atoms with van der Waals surface area (Å²) in [4.78, 5) is 21.4. The average Bonchev–Trinajstić information content (AvgIpc) is 3.00. The van der Waals surface area contributed by atoms with Crippen molar-refractivity contribution in [3.8, 4) is 22.3 Å². The summed E-state index contributed by atoms with van der Waals surface area (Å²) in [6.07, 6.45) is 6.08. The normalized spacial score (nSPS) is 12.4. The van der Waals surface area contributed by atoms with Crippen LogP contribution in [0.4, 0.5) is 14.5 Å². The molecule has 4 nitrogen and oxygen atoms in total. The largest absolute Gasteiger partial charge is 0.316 e. The van der Waals surface area contributed by atoms with Crippen molar-refractivity contribution in [2.24, 2.45) is 0 Å². The van der Waals surface area contributed by atoms with E-state index >= 15 is 0 Å². The van der Waals surface area contributed by atoms with E-state index in [0.717, 1.165) is 52.9 Å². The number of hydrogen-bond donors (Lipinski definition) is 1. The molecule has 1 N–H and O–H groups in total. The van der Waals surface area contributed by atoms with Crippen molar-refractivity contribution in [2.75, 3.05) is 5.32 Å². The number of aryl methyl sites for hydroxylation is 2. The maximum atomic E-state index is 13.9. The fraction of sp³-hybridized carbons (Fsp3) is 0.115. The van der Waals surface area contributed by atoms with Gasteiger partial charge < -0.3 is 5.32 Å². The van der Waals surface area contributed by atoms with E-state index in [1.165, 1.54) is 11.6 Å². The van der Waals surface area contributed by atoms with E-state index in [0.29, 0.717) is 6.42 Å². The average molecular weight is 427 g/mol. The lowest BCUT2D eigenvalue weighted by Crippen LogP contribution is -2.16. The summed E-state index contributed by atoms with van der Waals surface area (Å²) >= 11 is 0. The van der Waals surface area contributed by atoms with Crippen molar-refractivity contribution in [3.05, 3.63) is 102 Å². The minimum absolute atomic E-state index is 0.123. The van der Waals surface area contributed by atoms with Gasteiger partial charge in [-0.2, -0.15) is 0 Å². The van der Waals surface area contributed by atoms with E-state index in [1.807, 2.05) is 24.4 Å². The number of nitrogens with one attached hydrogen (secondary N) is 1. The number of anilines is 1. The van der Waals surface area contributed by atoms with E-state index in [4.69, 9.17) is 0 Å². The summed E-state index contributed by atoms with van der Waals surface area (Å²) in [5, 5.41) is 2.31. The molecule has 2 aromatic heterocycles. The van der Waals surface area contributed by atoms with Crippen LogP contribution in [0.3, 0.4) is 0 Å². The number of nitrogens with zero attached hydrogens (tertiary/aromatic N) is 2. The van der Waals surface area contributed by atoms with Crippen molar-refractivity contribution < 1.29 is 13.6 Å². The molecule has 0 fully saturated rings. The standard InChI is InChI=1S/C26H19F2N3O/c27-21-6-2-7-22(28)25(21)31-26(32)24-12-11-19-20-14-17(18-5-3-13-29-15-18)10-9-16(20)4-1-8-23(19)30-24/h2-3,5-7,9-15H,1,4,8H2,(H,31,32). The fourth-order valence-electron chi connectivity index (χ4n) is 4.06. The summed E-state index contributed by atoms with van der Waals surface area (Å²) in [5.41, 5.74) is 5.81. The molecule has 0 bridgehead atoms. The van der Waals surface area contributed by atoms with Crippen LogP contribution in [0.5, 0.6) is 0 Å². The highest BCUT2D eigenvalue weighted by Crippen LogP contribution is 2.35. The van der Waals surface area contributed by atoms with Gasteiger partial charge in [0.05, 0.1) is 0 Å². The molecule has 5 rings (SSSR count). The highest BCUT2D eigenvalue weighted by Gasteiger charge is 2.20. The third-order valence-electron chi connectivity index (χ3n) is 5.66. The molecule has 0 radical (unpaired) electrons. The van der Waals surface area contributed by atoms with Crippen LogP contribution in [-0.2, 0) is 12.8 Å². The zero-order chi connectivity index (χ0) is 22.1. The number of carbonyl (C=O) groups is 1. The van der Waals surface area contributed by atoms with Gasteiger partial charge in [0.2, 0.25) is 0 Å². The third-order valence-corrected chi connectivity index (χ3v) is 5.66. The number of carbonyl (C=O) groups excluding carboxylic acids is 1. The monoisotopic (exact) mass is 427 g/mol. The van der Waals surface area contributed by atoms with Crippen molar-refractivity contribution >= 4 is 11.6 Å². The lowest BCUT2D eigenvalue weighted by Gasteiger charge is -2.13. The molecule has 4 aromatic rings. The molecule has 1 aliphatic rings. The molecule has 32 heavy (non-hydrogen) atoms.